The minimum atomic E-state index is -3.78. The number of hydrogen-bond acceptors (Lipinski definition) is 6. The third-order valence-corrected chi connectivity index (χ3v) is 8.42. The number of hydrogen-bond donors (Lipinski definition) is 1. The van der Waals surface area contributed by atoms with Gasteiger partial charge in [-0.05, 0) is 62.8 Å². The molecule has 1 N–H and O–H groups in total. The summed E-state index contributed by atoms with van der Waals surface area (Å²) in [7, 11) is 1.61. The van der Waals surface area contributed by atoms with Crippen molar-refractivity contribution in [3.8, 4) is 11.5 Å². The van der Waals surface area contributed by atoms with Crippen LogP contribution in [0.4, 0.5) is 5.69 Å². The first-order valence-electron chi connectivity index (χ1n) is 12.0. The third kappa shape index (κ3) is 4.47. The molecule has 2 aliphatic rings. The van der Waals surface area contributed by atoms with Crippen molar-refractivity contribution in [1.29, 1.82) is 0 Å². The highest BCUT2D eigenvalue weighted by Crippen LogP contribution is 2.42. The van der Waals surface area contributed by atoms with Crippen LogP contribution in [0.5, 0.6) is 11.5 Å². The lowest BCUT2D eigenvalue weighted by molar-refractivity contribution is 0.227. The fraction of sp³-hybridized carbons (Fsp3) is 0.321. The molecule has 0 amide bonds. The molecule has 0 saturated carbocycles. The molecular weight excluding hydrogens is 474 g/mol. The van der Waals surface area contributed by atoms with Crippen LogP contribution in [0.25, 0.3) is 0 Å². The SMILES string of the molecule is COc1cc2c(cc1OC)[C@H]1CN(C)CC[C@H]1N=C2c1ccccc1NS(=O)(=O)c1ccc(C)cc1. The van der Waals surface area contributed by atoms with E-state index < -0.39 is 10.0 Å². The van der Waals surface area contributed by atoms with Crippen molar-refractivity contribution < 1.29 is 17.9 Å². The lowest BCUT2D eigenvalue weighted by Gasteiger charge is -2.39. The van der Waals surface area contributed by atoms with Gasteiger partial charge in [0.25, 0.3) is 10.0 Å². The van der Waals surface area contributed by atoms with Gasteiger partial charge >= 0.3 is 0 Å². The molecule has 0 radical (unpaired) electrons. The molecule has 36 heavy (non-hydrogen) atoms. The zero-order valence-electron chi connectivity index (χ0n) is 21.0. The molecule has 0 unspecified atom stereocenters. The van der Waals surface area contributed by atoms with Crippen LogP contribution in [0, 0.1) is 6.92 Å². The fourth-order valence-corrected chi connectivity index (χ4v) is 6.20. The average Bonchev–Trinajstić information content (AvgIpc) is 2.88. The Hall–Kier alpha value is -3.36. The normalized spacial score (nSPS) is 19.6. The first kappa shape index (κ1) is 24.3. The third-order valence-electron chi connectivity index (χ3n) is 7.04. The lowest BCUT2D eigenvalue weighted by Crippen LogP contribution is -2.42. The van der Waals surface area contributed by atoms with E-state index in [0.717, 1.165) is 47.5 Å². The van der Waals surface area contributed by atoms with Crippen LogP contribution >= 0.6 is 0 Å². The first-order valence-corrected chi connectivity index (χ1v) is 13.5. The zero-order valence-corrected chi connectivity index (χ0v) is 21.8. The van der Waals surface area contributed by atoms with Crippen LogP contribution in [0.15, 0.2) is 70.6 Å². The second kappa shape index (κ2) is 9.59. The molecule has 188 valence electrons. The van der Waals surface area contributed by atoms with Gasteiger partial charge in [0.15, 0.2) is 11.5 Å². The van der Waals surface area contributed by atoms with E-state index in [2.05, 4.69) is 22.7 Å². The van der Waals surface area contributed by atoms with Gasteiger partial charge in [0, 0.05) is 23.6 Å². The number of sulfonamides is 1. The average molecular weight is 506 g/mol. The Kier molecular flexibility index (Phi) is 6.49. The molecular formula is C28H31N3O4S. The van der Waals surface area contributed by atoms with Crippen LogP contribution in [0.3, 0.4) is 0 Å². The van der Waals surface area contributed by atoms with E-state index in [4.69, 9.17) is 14.5 Å². The van der Waals surface area contributed by atoms with Crippen LogP contribution in [0.1, 0.15) is 34.6 Å². The molecule has 0 bridgehead atoms. The Morgan fingerprint density at radius 2 is 1.67 bits per heavy atom. The number of methoxy groups -OCH3 is 2. The van der Waals surface area contributed by atoms with E-state index in [0.29, 0.717) is 17.2 Å². The first-order chi connectivity index (χ1) is 17.3. The summed E-state index contributed by atoms with van der Waals surface area (Å²) in [6.45, 7) is 3.78. The van der Waals surface area contributed by atoms with Gasteiger partial charge in [0.2, 0.25) is 0 Å². The molecule has 2 heterocycles. The summed E-state index contributed by atoms with van der Waals surface area (Å²) in [5.41, 5.74) is 5.07. The Balaban J connectivity index is 1.63. The van der Waals surface area contributed by atoms with Gasteiger partial charge < -0.3 is 14.4 Å². The summed E-state index contributed by atoms with van der Waals surface area (Å²) in [6, 6.07) is 18.4. The van der Waals surface area contributed by atoms with Crippen LogP contribution in [-0.4, -0.2) is 59.4 Å². The minimum absolute atomic E-state index is 0.101. The lowest BCUT2D eigenvalue weighted by atomic mass is 9.78. The number of aryl methyl sites for hydroxylation is 1. The molecule has 2 atom stereocenters. The summed E-state index contributed by atoms with van der Waals surface area (Å²) in [6.07, 6.45) is 0.926. The van der Waals surface area contributed by atoms with Gasteiger partial charge in [-0.15, -0.1) is 0 Å². The number of ether oxygens (including phenoxy) is 2. The minimum Gasteiger partial charge on any atom is -0.493 e. The van der Waals surface area contributed by atoms with Crippen molar-refractivity contribution in [1.82, 2.24) is 4.90 Å². The number of benzene rings is 3. The maximum atomic E-state index is 13.2. The molecule has 1 fully saturated rings. The topological polar surface area (TPSA) is 80.2 Å². The number of para-hydroxylation sites is 1. The van der Waals surface area contributed by atoms with Gasteiger partial charge in [-0.25, -0.2) is 8.42 Å². The zero-order chi connectivity index (χ0) is 25.4. The number of piperidine rings is 1. The summed E-state index contributed by atoms with van der Waals surface area (Å²) >= 11 is 0. The van der Waals surface area contributed by atoms with Crippen LogP contribution < -0.4 is 14.2 Å². The van der Waals surface area contributed by atoms with E-state index in [1.54, 1.807) is 44.6 Å². The summed E-state index contributed by atoms with van der Waals surface area (Å²) in [5, 5.41) is 0. The van der Waals surface area contributed by atoms with Crippen molar-refractivity contribution in [3.05, 3.63) is 82.9 Å². The summed E-state index contributed by atoms with van der Waals surface area (Å²) < 4.78 is 40.6. The Labute approximate surface area is 212 Å². The molecule has 0 spiro atoms. The molecule has 5 rings (SSSR count). The fourth-order valence-electron chi connectivity index (χ4n) is 5.12. The standard InChI is InChI=1S/C28H31N3O4S/c1-18-9-11-19(12-10-18)36(32,33)30-25-8-6-5-7-20(25)28-22-16-27(35-4)26(34-3)15-21(22)23-17-31(2)14-13-24(23)29-28/h5-12,15-16,23-24,30H,13-14,17H2,1-4H3/t23-,24-/m1/s1. The van der Waals surface area contributed by atoms with Gasteiger partial charge in [-0.3, -0.25) is 9.71 Å². The van der Waals surface area contributed by atoms with Crippen molar-refractivity contribution in [2.75, 3.05) is 39.1 Å². The molecule has 0 aromatic heterocycles. The smallest absolute Gasteiger partial charge is 0.261 e. The number of nitrogens with one attached hydrogen (secondary N) is 1. The van der Waals surface area contributed by atoms with Crippen molar-refractivity contribution in [3.63, 3.8) is 0 Å². The molecule has 1 saturated heterocycles. The molecule has 8 heteroatoms. The van der Waals surface area contributed by atoms with Gasteiger partial charge in [0.05, 0.1) is 36.6 Å². The van der Waals surface area contributed by atoms with Gasteiger partial charge in [0.1, 0.15) is 0 Å². The number of anilines is 1. The number of fused-ring (bicyclic) bond motifs is 3. The second-order valence-corrected chi connectivity index (χ2v) is 11.1. The second-order valence-electron chi connectivity index (χ2n) is 9.46. The molecule has 2 aliphatic heterocycles. The van der Waals surface area contributed by atoms with Gasteiger partial charge in [-0.1, -0.05) is 35.9 Å². The van der Waals surface area contributed by atoms with Crippen molar-refractivity contribution >= 4 is 21.4 Å². The molecule has 7 nitrogen and oxygen atoms in total. The maximum Gasteiger partial charge on any atom is 0.261 e. The number of nitrogens with zero attached hydrogens (tertiary/aromatic N) is 2. The Bertz CT molecular complexity index is 1420. The highest BCUT2D eigenvalue weighted by Gasteiger charge is 2.37. The monoisotopic (exact) mass is 505 g/mol. The van der Waals surface area contributed by atoms with E-state index in [1.165, 1.54) is 0 Å². The molecule has 3 aromatic carbocycles. The predicted octanol–water partition coefficient (Wildman–Crippen LogP) is 4.45. The molecule has 0 aliphatic carbocycles. The van der Waals surface area contributed by atoms with E-state index in [-0.39, 0.29) is 16.9 Å². The Morgan fingerprint density at radius 1 is 0.972 bits per heavy atom. The number of aliphatic imine (C=N–C) groups is 1. The van der Waals surface area contributed by atoms with Crippen molar-refractivity contribution in [2.24, 2.45) is 4.99 Å². The van der Waals surface area contributed by atoms with E-state index in [9.17, 15) is 8.42 Å². The van der Waals surface area contributed by atoms with Crippen molar-refractivity contribution in [2.45, 2.75) is 30.2 Å². The van der Waals surface area contributed by atoms with Crippen LogP contribution in [-0.2, 0) is 10.0 Å². The summed E-state index contributed by atoms with van der Waals surface area (Å²) in [5.74, 6) is 1.51. The van der Waals surface area contributed by atoms with Crippen LogP contribution in [0.2, 0.25) is 0 Å². The number of likely N-dealkylation sites (N-methyl/N-ethyl adjacent to an activating group) is 1. The largest absolute Gasteiger partial charge is 0.493 e. The number of likely N-dealkylation sites (tertiary alicyclic amines) is 1. The maximum absolute atomic E-state index is 13.2. The summed E-state index contributed by atoms with van der Waals surface area (Å²) in [4.78, 5) is 7.76. The van der Waals surface area contributed by atoms with E-state index in [1.807, 2.05) is 31.2 Å². The van der Waals surface area contributed by atoms with Gasteiger partial charge in [-0.2, -0.15) is 0 Å². The Morgan fingerprint density at radius 3 is 2.39 bits per heavy atom. The number of rotatable bonds is 6. The predicted molar refractivity (Wildman–Crippen MR) is 142 cm³/mol. The highest BCUT2D eigenvalue weighted by molar-refractivity contribution is 7.92. The molecule has 3 aromatic rings. The quantitative estimate of drug-likeness (QED) is 0.535. The highest BCUT2D eigenvalue weighted by atomic mass is 32.2. The van der Waals surface area contributed by atoms with E-state index >= 15 is 0 Å².